The second-order valence-corrected chi connectivity index (χ2v) is 7.64. The monoisotopic (exact) mass is 360 g/mol. The van der Waals surface area contributed by atoms with Gasteiger partial charge >= 0.3 is 0 Å². The molecule has 0 bridgehead atoms. The Bertz CT molecular complexity index is 874. The molecule has 0 saturated heterocycles. The zero-order valence-electron chi connectivity index (χ0n) is 14.3. The molecule has 0 amide bonds. The minimum Gasteiger partial charge on any atom is -0.497 e. The van der Waals surface area contributed by atoms with E-state index in [9.17, 15) is 8.42 Å². The van der Waals surface area contributed by atoms with Gasteiger partial charge in [-0.3, -0.25) is 0 Å². The third kappa shape index (κ3) is 3.61. The van der Waals surface area contributed by atoms with Gasteiger partial charge in [-0.2, -0.15) is 9.52 Å². The summed E-state index contributed by atoms with van der Waals surface area (Å²) in [7, 11) is -0.280. The molecule has 0 fully saturated rings. The molecule has 0 spiro atoms. The van der Waals surface area contributed by atoms with Crippen LogP contribution in [0.4, 0.5) is 0 Å². The fourth-order valence-electron chi connectivity index (χ4n) is 2.83. The Morgan fingerprint density at radius 3 is 1.96 bits per heavy atom. The van der Waals surface area contributed by atoms with Gasteiger partial charge in [0.1, 0.15) is 11.5 Å². The lowest BCUT2D eigenvalue weighted by Gasteiger charge is -2.21. The Labute approximate surface area is 147 Å². The standard InChI is InChI=1S/C18H20N2O4S/c1-23-15-8-4-13(5-9-15)17-12-18(20(19-17)25(3,21)22)14-6-10-16(24-2)11-7-14/h4-11,18H,12H2,1-3H3. The van der Waals surface area contributed by atoms with Gasteiger partial charge < -0.3 is 9.47 Å². The lowest BCUT2D eigenvalue weighted by Crippen LogP contribution is -2.25. The maximum Gasteiger partial charge on any atom is 0.247 e. The normalized spacial score (nSPS) is 17.3. The molecule has 2 aromatic carbocycles. The summed E-state index contributed by atoms with van der Waals surface area (Å²) in [6.45, 7) is 0. The summed E-state index contributed by atoms with van der Waals surface area (Å²) in [5, 5.41) is 4.38. The van der Waals surface area contributed by atoms with E-state index < -0.39 is 10.0 Å². The van der Waals surface area contributed by atoms with Crippen LogP contribution in [0.5, 0.6) is 11.5 Å². The Kier molecular flexibility index (Phi) is 4.67. The van der Waals surface area contributed by atoms with Crippen molar-refractivity contribution in [1.82, 2.24) is 4.41 Å². The number of ether oxygens (including phenoxy) is 2. The topological polar surface area (TPSA) is 68.2 Å². The number of hydrogen-bond donors (Lipinski definition) is 0. The van der Waals surface area contributed by atoms with Crippen molar-refractivity contribution in [1.29, 1.82) is 0 Å². The summed E-state index contributed by atoms with van der Waals surface area (Å²) < 4.78 is 35.9. The van der Waals surface area contributed by atoms with Gasteiger partial charge in [-0.05, 0) is 47.5 Å². The van der Waals surface area contributed by atoms with E-state index >= 15 is 0 Å². The number of methoxy groups -OCH3 is 2. The Morgan fingerprint density at radius 1 is 0.960 bits per heavy atom. The fourth-order valence-corrected chi connectivity index (χ4v) is 3.73. The Morgan fingerprint density at radius 2 is 1.48 bits per heavy atom. The third-order valence-electron chi connectivity index (χ3n) is 4.14. The third-order valence-corrected chi connectivity index (χ3v) is 5.15. The van der Waals surface area contributed by atoms with Gasteiger partial charge in [0.25, 0.3) is 0 Å². The highest BCUT2D eigenvalue weighted by Gasteiger charge is 2.34. The van der Waals surface area contributed by atoms with Gasteiger partial charge in [0, 0.05) is 6.42 Å². The predicted octanol–water partition coefficient (Wildman–Crippen LogP) is 2.81. The summed E-state index contributed by atoms with van der Waals surface area (Å²) >= 11 is 0. The number of sulfonamides is 1. The number of benzene rings is 2. The van der Waals surface area contributed by atoms with Crippen molar-refractivity contribution in [3.63, 3.8) is 0 Å². The van der Waals surface area contributed by atoms with E-state index in [1.807, 2.05) is 48.5 Å². The second kappa shape index (κ2) is 6.76. The zero-order chi connectivity index (χ0) is 18.0. The average molecular weight is 360 g/mol. The van der Waals surface area contributed by atoms with Crippen molar-refractivity contribution in [2.75, 3.05) is 20.5 Å². The van der Waals surface area contributed by atoms with Gasteiger partial charge in [0.15, 0.2) is 0 Å². The second-order valence-electron chi connectivity index (χ2n) is 5.80. The summed E-state index contributed by atoms with van der Waals surface area (Å²) in [5.41, 5.74) is 2.48. The van der Waals surface area contributed by atoms with Gasteiger partial charge in [-0.25, -0.2) is 8.42 Å². The average Bonchev–Trinajstić information content (AvgIpc) is 3.08. The van der Waals surface area contributed by atoms with Crippen LogP contribution in [0.25, 0.3) is 0 Å². The van der Waals surface area contributed by atoms with E-state index in [4.69, 9.17) is 9.47 Å². The molecule has 3 rings (SSSR count). The molecule has 1 unspecified atom stereocenters. The summed E-state index contributed by atoms with van der Waals surface area (Å²) in [5.74, 6) is 1.47. The van der Waals surface area contributed by atoms with E-state index in [0.717, 1.165) is 28.3 Å². The molecule has 0 saturated carbocycles. The van der Waals surface area contributed by atoms with Crippen LogP contribution in [0.3, 0.4) is 0 Å². The summed E-state index contributed by atoms with van der Waals surface area (Å²) in [6.07, 6.45) is 1.68. The highest BCUT2D eigenvalue weighted by atomic mass is 32.2. The molecule has 1 aliphatic rings. The van der Waals surface area contributed by atoms with Crippen LogP contribution in [0.2, 0.25) is 0 Å². The molecule has 2 aromatic rings. The van der Waals surface area contributed by atoms with Crippen LogP contribution in [-0.4, -0.2) is 39.0 Å². The molecule has 0 radical (unpaired) electrons. The number of rotatable bonds is 5. The first-order chi connectivity index (χ1) is 11.9. The molecule has 7 heteroatoms. The van der Waals surface area contributed by atoms with Crippen molar-refractivity contribution in [2.24, 2.45) is 5.10 Å². The quantitative estimate of drug-likeness (QED) is 0.822. The van der Waals surface area contributed by atoms with Crippen LogP contribution in [0.1, 0.15) is 23.6 Å². The smallest absolute Gasteiger partial charge is 0.247 e. The van der Waals surface area contributed by atoms with Gasteiger partial charge in [0.05, 0.1) is 32.2 Å². The molecule has 6 nitrogen and oxygen atoms in total. The van der Waals surface area contributed by atoms with Crippen molar-refractivity contribution in [3.8, 4) is 11.5 Å². The zero-order valence-corrected chi connectivity index (χ0v) is 15.2. The van der Waals surface area contributed by atoms with Crippen LogP contribution in [0.15, 0.2) is 53.6 Å². The fraction of sp³-hybridized carbons (Fsp3) is 0.278. The van der Waals surface area contributed by atoms with Crippen molar-refractivity contribution < 1.29 is 17.9 Å². The lowest BCUT2D eigenvalue weighted by atomic mass is 9.99. The van der Waals surface area contributed by atoms with Crippen molar-refractivity contribution in [3.05, 3.63) is 59.7 Å². The number of nitrogens with zero attached hydrogens (tertiary/aromatic N) is 2. The lowest BCUT2D eigenvalue weighted by molar-refractivity contribution is 0.374. The van der Waals surface area contributed by atoms with Crippen LogP contribution < -0.4 is 9.47 Å². The SMILES string of the molecule is COc1ccc(C2=NN(S(C)(=O)=O)C(c3ccc(OC)cc3)C2)cc1. The molecular formula is C18H20N2O4S. The Balaban J connectivity index is 1.94. The van der Waals surface area contributed by atoms with Crippen LogP contribution >= 0.6 is 0 Å². The minimum absolute atomic E-state index is 0.363. The largest absolute Gasteiger partial charge is 0.497 e. The maximum atomic E-state index is 12.2. The predicted molar refractivity (Wildman–Crippen MR) is 96.6 cm³/mol. The molecule has 25 heavy (non-hydrogen) atoms. The first-order valence-electron chi connectivity index (χ1n) is 7.77. The highest BCUT2D eigenvalue weighted by molar-refractivity contribution is 7.88. The van der Waals surface area contributed by atoms with Crippen LogP contribution in [-0.2, 0) is 10.0 Å². The molecular weight excluding hydrogens is 340 g/mol. The van der Waals surface area contributed by atoms with E-state index in [0.29, 0.717) is 6.42 Å². The van der Waals surface area contributed by atoms with Crippen LogP contribution in [0, 0.1) is 0 Å². The van der Waals surface area contributed by atoms with Gasteiger partial charge in [-0.15, -0.1) is 0 Å². The van der Waals surface area contributed by atoms with E-state index in [1.165, 1.54) is 10.7 Å². The molecule has 1 aliphatic heterocycles. The van der Waals surface area contributed by atoms with E-state index in [2.05, 4.69) is 5.10 Å². The number of hydrazone groups is 1. The number of hydrogen-bond acceptors (Lipinski definition) is 5. The molecule has 132 valence electrons. The van der Waals surface area contributed by atoms with Crippen molar-refractivity contribution >= 4 is 15.7 Å². The van der Waals surface area contributed by atoms with Crippen molar-refractivity contribution in [2.45, 2.75) is 12.5 Å². The summed E-state index contributed by atoms with van der Waals surface area (Å²) in [4.78, 5) is 0. The first-order valence-corrected chi connectivity index (χ1v) is 9.62. The summed E-state index contributed by atoms with van der Waals surface area (Å²) in [6, 6.07) is 14.5. The van der Waals surface area contributed by atoms with Gasteiger partial charge in [0.2, 0.25) is 10.0 Å². The van der Waals surface area contributed by atoms with E-state index in [1.54, 1.807) is 14.2 Å². The molecule has 1 heterocycles. The van der Waals surface area contributed by atoms with E-state index in [-0.39, 0.29) is 6.04 Å². The highest BCUT2D eigenvalue weighted by Crippen LogP contribution is 2.35. The molecule has 0 aromatic heterocycles. The molecule has 1 atom stereocenters. The first kappa shape index (κ1) is 17.3. The molecule has 0 N–H and O–H groups in total. The molecule has 0 aliphatic carbocycles. The Hall–Kier alpha value is -2.54. The van der Waals surface area contributed by atoms with Gasteiger partial charge in [-0.1, -0.05) is 12.1 Å². The maximum absolute atomic E-state index is 12.2. The minimum atomic E-state index is -3.48.